The smallest absolute Gasteiger partial charge is 0.307 e. The Morgan fingerprint density at radius 1 is 0.462 bits per heavy atom. The van der Waals surface area contributed by atoms with Crippen molar-refractivity contribution in [3.05, 3.63) is 0 Å². The van der Waals surface area contributed by atoms with Crippen LogP contribution < -0.4 is 0 Å². The van der Waals surface area contributed by atoms with E-state index in [9.17, 15) is 4.79 Å². The minimum Gasteiger partial charge on any atom is -0.469 e. The van der Waals surface area contributed by atoms with Gasteiger partial charge < -0.3 is 52.1 Å². The van der Waals surface area contributed by atoms with E-state index in [-0.39, 0.29) is 12.4 Å². The van der Waals surface area contributed by atoms with Gasteiger partial charge in [0.2, 0.25) is 0 Å². The van der Waals surface area contributed by atoms with Gasteiger partial charge in [0.15, 0.2) is 0 Å². The highest BCUT2D eigenvalue weighted by atomic mass is 16.6. The molecule has 0 aliphatic carbocycles. The van der Waals surface area contributed by atoms with Crippen molar-refractivity contribution in [3.63, 3.8) is 0 Å². The molecule has 39 heavy (non-hydrogen) atoms. The highest BCUT2D eigenvalue weighted by Crippen LogP contribution is 2.00. The van der Waals surface area contributed by atoms with Crippen LogP contribution in [0.25, 0.3) is 0 Å². The Morgan fingerprint density at radius 2 is 0.718 bits per heavy atom. The lowest BCUT2D eigenvalue weighted by Gasteiger charge is -2.10. The number of methoxy groups -OCH3 is 1. The summed E-state index contributed by atoms with van der Waals surface area (Å²) in [6.07, 6.45) is 1.38. The molecule has 0 N–H and O–H groups in total. The summed E-state index contributed by atoms with van der Waals surface area (Å²) >= 11 is 0. The van der Waals surface area contributed by atoms with Crippen molar-refractivity contribution >= 4 is 5.97 Å². The summed E-state index contributed by atoms with van der Waals surface area (Å²) in [6, 6.07) is 0. The molecule has 0 fully saturated rings. The zero-order valence-electron chi connectivity index (χ0n) is 24.5. The van der Waals surface area contributed by atoms with Gasteiger partial charge in [0.25, 0.3) is 0 Å². The Kier molecular flexibility index (Phi) is 32.5. The van der Waals surface area contributed by atoms with E-state index >= 15 is 0 Å². The summed E-state index contributed by atoms with van der Waals surface area (Å²) in [6.45, 7) is 14.8. The van der Waals surface area contributed by atoms with Crippen LogP contribution in [0.5, 0.6) is 0 Å². The maximum absolute atomic E-state index is 10.9. The summed E-state index contributed by atoms with van der Waals surface area (Å²) in [7, 11) is 1.35. The van der Waals surface area contributed by atoms with Crippen molar-refractivity contribution in [1.82, 2.24) is 0 Å². The molecule has 12 heteroatoms. The molecule has 0 rings (SSSR count). The molecule has 1 atom stereocenters. The van der Waals surface area contributed by atoms with Crippen LogP contribution in [0.15, 0.2) is 0 Å². The number of rotatable bonds is 33. The van der Waals surface area contributed by atoms with Crippen molar-refractivity contribution in [2.75, 3.05) is 139 Å². The van der Waals surface area contributed by atoms with E-state index in [1.807, 2.05) is 0 Å². The van der Waals surface area contributed by atoms with E-state index in [0.29, 0.717) is 131 Å². The molecule has 0 saturated carbocycles. The molecular formula is C27H54O12. The van der Waals surface area contributed by atoms with Gasteiger partial charge in [-0.25, -0.2) is 0 Å². The van der Waals surface area contributed by atoms with E-state index < -0.39 is 0 Å². The van der Waals surface area contributed by atoms with E-state index in [4.69, 9.17) is 47.4 Å². The van der Waals surface area contributed by atoms with Crippen molar-refractivity contribution in [1.29, 1.82) is 0 Å². The first kappa shape index (κ1) is 38.1. The second-order valence-corrected chi connectivity index (χ2v) is 8.43. The number of carbonyl (C=O) groups is 1. The van der Waals surface area contributed by atoms with Gasteiger partial charge in [-0.3, -0.25) is 4.79 Å². The molecule has 0 spiro atoms. The second-order valence-electron chi connectivity index (χ2n) is 8.43. The zero-order chi connectivity index (χ0) is 28.5. The minimum absolute atomic E-state index is 0.249. The van der Waals surface area contributed by atoms with E-state index in [1.54, 1.807) is 0 Å². The predicted octanol–water partition coefficient (Wildman–Crippen LogP) is 1.76. The van der Waals surface area contributed by atoms with Crippen LogP contribution >= 0.6 is 0 Å². The monoisotopic (exact) mass is 570 g/mol. The van der Waals surface area contributed by atoms with Gasteiger partial charge in [0.05, 0.1) is 139 Å². The van der Waals surface area contributed by atoms with E-state index in [1.165, 1.54) is 7.11 Å². The Labute approximate surface area is 235 Å². The van der Waals surface area contributed by atoms with Crippen molar-refractivity contribution < 1.29 is 56.9 Å². The van der Waals surface area contributed by atoms with Crippen LogP contribution in [0.2, 0.25) is 0 Å². The maximum Gasteiger partial charge on any atom is 0.307 e. The SMILES string of the molecule is CCC(C)COCCOCCOCCOCCOCCOCCOCCOCCOCCOCCC(=O)OC. The first-order valence-corrected chi connectivity index (χ1v) is 14.0. The molecule has 0 heterocycles. The first-order chi connectivity index (χ1) is 19.2. The maximum atomic E-state index is 10.9. The van der Waals surface area contributed by atoms with Gasteiger partial charge in [-0.05, 0) is 5.92 Å². The third-order valence-corrected chi connectivity index (χ3v) is 5.13. The highest BCUT2D eigenvalue weighted by molar-refractivity contribution is 5.69. The Balaban J connectivity index is 3.05. The number of hydrogen-bond acceptors (Lipinski definition) is 12. The van der Waals surface area contributed by atoms with E-state index in [2.05, 4.69) is 18.6 Å². The molecule has 234 valence electrons. The molecule has 0 aromatic rings. The summed E-state index contributed by atoms with van der Waals surface area (Å²) in [5.74, 6) is 0.314. The number of carbonyl (C=O) groups excluding carboxylic acids is 1. The molecule has 0 aromatic carbocycles. The predicted molar refractivity (Wildman–Crippen MR) is 144 cm³/mol. The first-order valence-electron chi connectivity index (χ1n) is 14.0. The van der Waals surface area contributed by atoms with Gasteiger partial charge in [0.1, 0.15) is 0 Å². The van der Waals surface area contributed by atoms with Crippen LogP contribution in [-0.4, -0.2) is 145 Å². The standard InChI is InChI=1S/C27H54O12/c1-4-26(2)25-39-24-23-38-22-21-37-20-19-36-18-17-35-16-15-34-14-13-33-12-11-32-10-9-31-8-7-30-6-5-27(28)29-3/h26H,4-25H2,1-3H3. The number of ether oxygens (including phenoxy) is 11. The number of esters is 1. The molecule has 0 saturated heterocycles. The lowest BCUT2D eigenvalue weighted by Crippen LogP contribution is -2.15. The van der Waals surface area contributed by atoms with E-state index in [0.717, 1.165) is 13.0 Å². The summed E-state index contributed by atoms with van der Waals surface area (Å²) in [5.41, 5.74) is 0. The fourth-order valence-electron chi connectivity index (χ4n) is 2.64. The Morgan fingerprint density at radius 3 is 0.974 bits per heavy atom. The van der Waals surface area contributed by atoms with Gasteiger partial charge >= 0.3 is 5.97 Å². The van der Waals surface area contributed by atoms with Gasteiger partial charge in [-0.2, -0.15) is 0 Å². The molecule has 1 unspecified atom stereocenters. The molecule has 0 bridgehead atoms. The Hall–Kier alpha value is -0.930. The topological polar surface area (TPSA) is 119 Å². The third-order valence-electron chi connectivity index (χ3n) is 5.13. The molecule has 0 amide bonds. The average Bonchev–Trinajstić information content (AvgIpc) is 2.95. The largest absolute Gasteiger partial charge is 0.469 e. The molecule has 0 aromatic heterocycles. The number of hydrogen-bond donors (Lipinski definition) is 0. The quantitative estimate of drug-likeness (QED) is 0.0845. The average molecular weight is 571 g/mol. The zero-order valence-corrected chi connectivity index (χ0v) is 24.5. The van der Waals surface area contributed by atoms with Crippen LogP contribution in [0.3, 0.4) is 0 Å². The lowest BCUT2D eigenvalue weighted by atomic mass is 10.1. The van der Waals surface area contributed by atoms with Crippen LogP contribution in [0.1, 0.15) is 26.7 Å². The fraction of sp³-hybridized carbons (Fsp3) is 0.963. The van der Waals surface area contributed by atoms with Crippen LogP contribution in [0.4, 0.5) is 0 Å². The molecule has 12 nitrogen and oxygen atoms in total. The second kappa shape index (κ2) is 33.3. The van der Waals surface area contributed by atoms with Gasteiger partial charge in [-0.1, -0.05) is 20.3 Å². The van der Waals surface area contributed by atoms with Gasteiger partial charge in [0, 0.05) is 6.61 Å². The van der Waals surface area contributed by atoms with Crippen molar-refractivity contribution in [2.24, 2.45) is 5.92 Å². The van der Waals surface area contributed by atoms with Crippen LogP contribution in [-0.2, 0) is 56.9 Å². The summed E-state index contributed by atoms with van der Waals surface area (Å²) in [5, 5.41) is 0. The third kappa shape index (κ3) is 33.2. The van der Waals surface area contributed by atoms with Crippen molar-refractivity contribution in [2.45, 2.75) is 26.7 Å². The molecule has 0 aliphatic rings. The summed E-state index contributed by atoms with van der Waals surface area (Å²) in [4.78, 5) is 10.9. The summed E-state index contributed by atoms with van der Waals surface area (Å²) < 4.78 is 58.8. The van der Waals surface area contributed by atoms with Gasteiger partial charge in [-0.15, -0.1) is 0 Å². The minimum atomic E-state index is -0.283. The fourth-order valence-corrected chi connectivity index (χ4v) is 2.64. The van der Waals surface area contributed by atoms with Crippen molar-refractivity contribution in [3.8, 4) is 0 Å². The Bertz CT molecular complexity index is 484. The molecule has 0 aliphatic heterocycles. The lowest BCUT2D eigenvalue weighted by molar-refractivity contribution is -0.141. The molecule has 0 radical (unpaired) electrons. The molecular weight excluding hydrogens is 516 g/mol. The highest BCUT2D eigenvalue weighted by Gasteiger charge is 2.00. The van der Waals surface area contributed by atoms with Crippen LogP contribution in [0, 0.1) is 5.92 Å². The normalized spacial score (nSPS) is 12.2.